The SMILES string of the molecule is CC(CN1CCCC1)C(=O)c1ccc(C(C)C)cc1.Cl. The second-order valence-corrected chi connectivity index (χ2v) is 6.05. The Morgan fingerprint density at radius 1 is 1.10 bits per heavy atom. The van der Waals surface area contributed by atoms with Gasteiger partial charge in [-0.25, -0.2) is 0 Å². The summed E-state index contributed by atoms with van der Waals surface area (Å²) in [6.07, 6.45) is 2.56. The topological polar surface area (TPSA) is 20.3 Å². The van der Waals surface area contributed by atoms with Crippen molar-refractivity contribution < 1.29 is 4.79 Å². The van der Waals surface area contributed by atoms with Gasteiger partial charge in [-0.15, -0.1) is 12.4 Å². The number of likely N-dealkylation sites (tertiary alicyclic amines) is 1. The Morgan fingerprint density at radius 2 is 1.65 bits per heavy atom. The summed E-state index contributed by atoms with van der Waals surface area (Å²) in [6, 6.07) is 8.14. The van der Waals surface area contributed by atoms with Gasteiger partial charge in [-0.2, -0.15) is 0 Å². The van der Waals surface area contributed by atoms with Crippen LogP contribution in [0.1, 0.15) is 55.5 Å². The first-order chi connectivity index (χ1) is 9.08. The average Bonchev–Trinajstić information content (AvgIpc) is 2.90. The van der Waals surface area contributed by atoms with Crippen molar-refractivity contribution in [3.8, 4) is 0 Å². The van der Waals surface area contributed by atoms with E-state index in [4.69, 9.17) is 0 Å². The highest BCUT2D eigenvalue weighted by Gasteiger charge is 2.20. The van der Waals surface area contributed by atoms with Crippen LogP contribution in [0.4, 0.5) is 0 Å². The zero-order chi connectivity index (χ0) is 13.8. The maximum atomic E-state index is 12.4. The Morgan fingerprint density at radius 3 is 2.15 bits per heavy atom. The van der Waals surface area contributed by atoms with Crippen LogP contribution < -0.4 is 0 Å². The van der Waals surface area contributed by atoms with E-state index in [0.717, 1.165) is 25.2 Å². The quantitative estimate of drug-likeness (QED) is 0.761. The third kappa shape index (κ3) is 4.32. The van der Waals surface area contributed by atoms with Crippen LogP contribution in [0.3, 0.4) is 0 Å². The number of carbonyl (C=O) groups excluding carboxylic acids is 1. The van der Waals surface area contributed by atoms with Crippen molar-refractivity contribution in [3.05, 3.63) is 35.4 Å². The molecule has 1 aromatic carbocycles. The van der Waals surface area contributed by atoms with Crippen LogP contribution in [-0.4, -0.2) is 30.3 Å². The number of halogens is 1. The van der Waals surface area contributed by atoms with E-state index in [2.05, 4.69) is 37.8 Å². The van der Waals surface area contributed by atoms with E-state index in [9.17, 15) is 4.79 Å². The van der Waals surface area contributed by atoms with Crippen molar-refractivity contribution in [2.45, 2.75) is 39.5 Å². The molecule has 0 aromatic heterocycles. The Balaban J connectivity index is 0.00000200. The van der Waals surface area contributed by atoms with Gasteiger partial charge in [0.2, 0.25) is 0 Å². The van der Waals surface area contributed by atoms with Gasteiger partial charge in [0.25, 0.3) is 0 Å². The van der Waals surface area contributed by atoms with Gasteiger partial charge in [-0.1, -0.05) is 45.0 Å². The first-order valence-electron chi connectivity index (χ1n) is 7.44. The predicted molar refractivity (Wildman–Crippen MR) is 86.9 cm³/mol. The van der Waals surface area contributed by atoms with Crippen LogP contribution in [0.2, 0.25) is 0 Å². The molecule has 1 atom stereocenters. The molecule has 1 aliphatic rings. The number of carbonyl (C=O) groups is 1. The number of hydrogen-bond donors (Lipinski definition) is 0. The van der Waals surface area contributed by atoms with Gasteiger partial charge in [0.15, 0.2) is 5.78 Å². The minimum Gasteiger partial charge on any atom is -0.303 e. The minimum atomic E-state index is 0. The molecule has 1 fully saturated rings. The summed E-state index contributed by atoms with van der Waals surface area (Å²) >= 11 is 0. The van der Waals surface area contributed by atoms with E-state index in [1.807, 2.05) is 12.1 Å². The Labute approximate surface area is 129 Å². The van der Waals surface area contributed by atoms with Gasteiger partial charge in [0, 0.05) is 18.0 Å². The maximum absolute atomic E-state index is 12.4. The van der Waals surface area contributed by atoms with Crippen molar-refractivity contribution in [2.24, 2.45) is 5.92 Å². The van der Waals surface area contributed by atoms with E-state index < -0.39 is 0 Å². The normalized spacial score (nSPS) is 17.0. The van der Waals surface area contributed by atoms with Crippen LogP contribution in [0, 0.1) is 5.92 Å². The summed E-state index contributed by atoms with van der Waals surface area (Å²) in [5, 5.41) is 0. The Hall–Kier alpha value is -0.860. The van der Waals surface area contributed by atoms with Gasteiger partial charge in [0.05, 0.1) is 0 Å². The molecule has 112 valence electrons. The molecule has 2 rings (SSSR count). The lowest BCUT2D eigenvalue weighted by atomic mass is 9.95. The lowest BCUT2D eigenvalue weighted by Gasteiger charge is -2.19. The summed E-state index contributed by atoms with van der Waals surface area (Å²) < 4.78 is 0. The fourth-order valence-corrected chi connectivity index (χ4v) is 2.75. The van der Waals surface area contributed by atoms with Crippen molar-refractivity contribution in [3.63, 3.8) is 0 Å². The number of benzene rings is 1. The predicted octanol–water partition coefficient (Wildman–Crippen LogP) is 4.15. The Kier molecular flexibility index (Phi) is 6.70. The lowest BCUT2D eigenvalue weighted by Crippen LogP contribution is -2.29. The summed E-state index contributed by atoms with van der Waals surface area (Å²) in [4.78, 5) is 14.8. The maximum Gasteiger partial charge on any atom is 0.166 e. The standard InChI is InChI=1S/C17H25NO.ClH/c1-13(2)15-6-8-16(9-7-15)17(19)14(3)12-18-10-4-5-11-18;/h6-9,13-14H,4-5,10-12H2,1-3H3;1H. The highest BCUT2D eigenvalue weighted by molar-refractivity contribution is 5.97. The molecule has 1 aromatic rings. The van der Waals surface area contributed by atoms with Crippen LogP contribution in [-0.2, 0) is 0 Å². The largest absolute Gasteiger partial charge is 0.303 e. The Bertz CT molecular complexity index is 421. The molecule has 2 nitrogen and oxygen atoms in total. The molecule has 0 saturated carbocycles. The molecule has 0 aliphatic carbocycles. The highest BCUT2D eigenvalue weighted by atomic mass is 35.5. The van der Waals surface area contributed by atoms with E-state index >= 15 is 0 Å². The molecular formula is C17H26ClNO. The first kappa shape index (κ1) is 17.2. The zero-order valence-corrected chi connectivity index (χ0v) is 13.6. The van der Waals surface area contributed by atoms with E-state index in [-0.39, 0.29) is 24.1 Å². The van der Waals surface area contributed by atoms with Crippen molar-refractivity contribution >= 4 is 18.2 Å². The number of hydrogen-bond acceptors (Lipinski definition) is 2. The van der Waals surface area contributed by atoms with E-state index in [0.29, 0.717) is 5.92 Å². The molecule has 1 unspecified atom stereocenters. The average molecular weight is 296 g/mol. The van der Waals surface area contributed by atoms with Gasteiger partial charge in [-0.3, -0.25) is 4.79 Å². The molecule has 0 N–H and O–H groups in total. The van der Waals surface area contributed by atoms with Crippen LogP contribution in [0.15, 0.2) is 24.3 Å². The van der Waals surface area contributed by atoms with Gasteiger partial charge in [0.1, 0.15) is 0 Å². The van der Waals surface area contributed by atoms with Crippen molar-refractivity contribution in [2.75, 3.05) is 19.6 Å². The second kappa shape index (κ2) is 7.80. The number of Topliss-reactive ketones (excluding diaryl/α,β-unsaturated/α-hetero) is 1. The molecule has 0 bridgehead atoms. The van der Waals surface area contributed by atoms with Gasteiger partial charge >= 0.3 is 0 Å². The van der Waals surface area contributed by atoms with Crippen molar-refractivity contribution in [1.29, 1.82) is 0 Å². The zero-order valence-electron chi connectivity index (χ0n) is 12.8. The monoisotopic (exact) mass is 295 g/mol. The lowest BCUT2D eigenvalue weighted by molar-refractivity contribution is 0.0903. The van der Waals surface area contributed by atoms with E-state index in [1.54, 1.807) is 0 Å². The molecule has 3 heteroatoms. The number of rotatable bonds is 5. The van der Waals surface area contributed by atoms with Crippen LogP contribution in [0.25, 0.3) is 0 Å². The molecule has 1 heterocycles. The summed E-state index contributed by atoms with van der Waals surface area (Å²) in [5.41, 5.74) is 2.15. The fraction of sp³-hybridized carbons (Fsp3) is 0.588. The summed E-state index contributed by atoms with van der Waals surface area (Å²) in [5.74, 6) is 0.899. The van der Waals surface area contributed by atoms with Crippen LogP contribution in [0.5, 0.6) is 0 Å². The molecule has 1 aliphatic heterocycles. The van der Waals surface area contributed by atoms with E-state index in [1.165, 1.54) is 18.4 Å². The van der Waals surface area contributed by atoms with Gasteiger partial charge < -0.3 is 4.90 Å². The first-order valence-corrected chi connectivity index (χ1v) is 7.44. The number of nitrogens with zero attached hydrogens (tertiary/aromatic N) is 1. The highest BCUT2D eigenvalue weighted by Crippen LogP contribution is 2.18. The second-order valence-electron chi connectivity index (χ2n) is 6.05. The van der Waals surface area contributed by atoms with Crippen molar-refractivity contribution in [1.82, 2.24) is 4.90 Å². The van der Waals surface area contributed by atoms with Crippen LogP contribution >= 0.6 is 12.4 Å². The minimum absolute atomic E-state index is 0. The molecular weight excluding hydrogens is 270 g/mol. The molecule has 0 spiro atoms. The summed E-state index contributed by atoms with van der Waals surface area (Å²) in [7, 11) is 0. The molecule has 0 amide bonds. The molecule has 20 heavy (non-hydrogen) atoms. The molecule has 1 saturated heterocycles. The smallest absolute Gasteiger partial charge is 0.166 e. The fourth-order valence-electron chi connectivity index (χ4n) is 2.75. The van der Waals surface area contributed by atoms with Gasteiger partial charge in [-0.05, 0) is 37.4 Å². The molecule has 0 radical (unpaired) electrons. The third-order valence-corrected chi connectivity index (χ3v) is 4.04. The third-order valence-electron chi connectivity index (χ3n) is 4.04. The summed E-state index contributed by atoms with van der Waals surface area (Å²) in [6.45, 7) is 9.62. The number of ketones is 1.